The van der Waals surface area contributed by atoms with Crippen LogP contribution in [0.25, 0.3) is 0 Å². The first-order valence-corrected chi connectivity index (χ1v) is 6.07. The van der Waals surface area contributed by atoms with Gasteiger partial charge in [0.15, 0.2) is 0 Å². The van der Waals surface area contributed by atoms with Crippen molar-refractivity contribution in [3.05, 3.63) is 30.1 Å². The van der Waals surface area contributed by atoms with Crippen LogP contribution in [0.5, 0.6) is 5.75 Å². The Morgan fingerprint density at radius 2 is 2.11 bits per heavy atom. The summed E-state index contributed by atoms with van der Waals surface area (Å²) in [6.45, 7) is 1.67. The van der Waals surface area contributed by atoms with Crippen molar-refractivity contribution >= 4 is 18.3 Å². The van der Waals surface area contributed by atoms with Gasteiger partial charge in [-0.2, -0.15) is 0 Å². The van der Waals surface area contributed by atoms with Crippen molar-refractivity contribution < 1.29 is 13.9 Å². The van der Waals surface area contributed by atoms with Gasteiger partial charge < -0.3 is 15.4 Å². The van der Waals surface area contributed by atoms with E-state index in [2.05, 4.69) is 0 Å². The second kappa shape index (κ2) is 7.31. The van der Waals surface area contributed by atoms with Crippen LogP contribution in [0.4, 0.5) is 4.39 Å². The van der Waals surface area contributed by atoms with Crippen LogP contribution in [0, 0.1) is 5.82 Å². The molecule has 1 fully saturated rings. The lowest BCUT2D eigenvalue weighted by Gasteiger charge is -2.15. The maximum atomic E-state index is 12.6. The minimum atomic E-state index is -0.301. The van der Waals surface area contributed by atoms with Crippen LogP contribution in [0.1, 0.15) is 12.8 Å². The summed E-state index contributed by atoms with van der Waals surface area (Å²) in [6, 6.07) is 5.86. The van der Waals surface area contributed by atoms with Crippen LogP contribution < -0.4 is 10.5 Å². The molecule has 0 bridgehead atoms. The number of ether oxygens (including phenoxy) is 1. The predicted octanol–water partition coefficient (Wildman–Crippen LogP) is 1.58. The van der Waals surface area contributed by atoms with E-state index in [0.29, 0.717) is 25.3 Å². The van der Waals surface area contributed by atoms with E-state index < -0.39 is 0 Å². The van der Waals surface area contributed by atoms with Crippen molar-refractivity contribution in [2.75, 3.05) is 19.7 Å². The Morgan fingerprint density at radius 1 is 1.42 bits per heavy atom. The number of nitrogens with zero attached hydrogens (tertiary/aromatic N) is 1. The molecule has 1 saturated heterocycles. The van der Waals surface area contributed by atoms with Crippen molar-refractivity contribution in [2.24, 2.45) is 5.73 Å². The number of hydrogen-bond acceptors (Lipinski definition) is 3. The van der Waals surface area contributed by atoms with Gasteiger partial charge in [-0.3, -0.25) is 4.79 Å². The van der Waals surface area contributed by atoms with Crippen LogP contribution in [0.15, 0.2) is 24.3 Å². The molecule has 1 heterocycles. The summed E-state index contributed by atoms with van der Waals surface area (Å²) < 4.78 is 18.0. The van der Waals surface area contributed by atoms with E-state index in [9.17, 15) is 9.18 Å². The molecule has 1 aliphatic rings. The maximum Gasteiger partial charge on any atom is 0.226 e. The van der Waals surface area contributed by atoms with Gasteiger partial charge in [-0.05, 0) is 30.7 Å². The molecule has 19 heavy (non-hydrogen) atoms. The van der Waals surface area contributed by atoms with E-state index in [4.69, 9.17) is 10.5 Å². The molecule has 1 aromatic carbocycles. The van der Waals surface area contributed by atoms with Crippen molar-refractivity contribution in [1.29, 1.82) is 0 Å². The van der Waals surface area contributed by atoms with Gasteiger partial charge in [-0.25, -0.2) is 4.39 Å². The largest absolute Gasteiger partial charge is 0.493 e. The van der Waals surface area contributed by atoms with Gasteiger partial charge in [0, 0.05) is 19.1 Å². The number of hydrogen-bond donors (Lipinski definition) is 1. The molecule has 0 aliphatic carbocycles. The van der Waals surface area contributed by atoms with Gasteiger partial charge in [0.1, 0.15) is 11.6 Å². The number of rotatable bonds is 4. The highest BCUT2D eigenvalue weighted by molar-refractivity contribution is 5.85. The second-order valence-corrected chi connectivity index (χ2v) is 4.44. The quantitative estimate of drug-likeness (QED) is 0.915. The zero-order chi connectivity index (χ0) is 13.0. The number of benzene rings is 1. The van der Waals surface area contributed by atoms with Gasteiger partial charge in [-0.15, -0.1) is 12.4 Å². The molecule has 0 spiro atoms. The highest BCUT2D eigenvalue weighted by Crippen LogP contribution is 2.12. The molecule has 1 atom stereocenters. The first-order valence-electron chi connectivity index (χ1n) is 6.07. The first kappa shape index (κ1) is 15.7. The predicted molar refractivity (Wildman–Crippen MR) is 72.9 cm³/mol. The molecule has 2 N–H and O–H groups in total. The summed E-state index contributed by atoms with van der Waals surface area (Å²) in [5.41, 5.74) is 5.74. The Balaban J connectivity index is 0.00000180. The average molecular weight is 289 g/mol. The van der Waals surface area contributed by atoms with Gasteiger partial charge in [0.2, 0.25) is 5.91 Å². The van der Waals surface area contributed by atoms with Gasteiger partial charge in [-0.1, -0.05) is 0 Å². The molecule has 4 nitrogen and oxygen atoms in total. The molecular formula is C13H18ClFN2O2. The minimum absolute atomic E-state index is 0. The Hall–Kier alpha value is -1.33. The van der Waals surface area contributed by atoms with E-state index >= 15 is 0 Å². The standard InChI is InChI=1S/C13H17FN2O2.ClH/c14-10-1-3-12(4-2-10)18-8-6-13(17)16-7-5-11(15)9-16;/h1-4,11H,5-9,15H2;1H/t11-;/m1./s1. The fourth-order valence-corrected chi connectivity index (χ4v) is 1.96. The minimum Gasteiger partial charge on any atom is -0.493 e. The summed E-state index contributed by atoms with van der Waals surface area (Å²) in [5.74, 6) is 0.330. The van der Waals surface area contributed by atoms with Crippen LogP contribution in [-0.4, -0.2) is 36.5 Å². The molecule has 2 rings (SSSR count). The summed E-state index contributed by atoms with van der Waals surface area (Å²) >= 11 is 0. The lowest BCUT2D eigenvalue weighted by Crippen LogP contribution is -2.32. The summed E-state index contributed by atoms with van der Waals surface area (Å²) in [4.78, 5) is 13.5. The number of carbonyl (C=O) groups excluding carboxylic acids is 1. The topological polar surface area (TPSA) is 55.6 Å². The van der Waals surface area contributed by atoms with Crippen molar-refractivity contribution in [3.8, 4) is 5.75 Å². The molecule has 0 saturated carbocycles. The molecule has 1 amide bonds. The summed E-state index contributed by atoms with van der Waals surface area (Å²) in [6.07, 6.45) is 1.19. The van der Waals surface area contributed by atoms with Gasteiger partial charge in [0.05, 0.1) is 13.0 Å². The molecule has 6 heteroatoms. The highest BCUT2D eigenvalue weighted by atomic mass is 35.5. The molecule has 1 aromatic rings. The van der Waals surface area contributed by atoms with Crippen molar-refractivity contribution in [1.82, 2.24) is 4.90 Å². The highest BCUT2D eigenvalue weighted by Gasteiger charge is 2.22. The first-order chi connectivity index (χ1) is 8.65. The maximum absolute atomic E-state index is 12.6. The zero-order valence-corrected chi connectivity index (χ0v) is 11.4. The van der Waals surface area contributed by atoms with Crippen molar-refractivity contribution in [3.63, 3.8) is 0 Å². The lowest BCUT2D eigenvalue weighted by molar-refractivity contribution is -0.130. The monoisotopic (exact) mass is 288 g/mol. The van der Waals surface area contributed by atoms with E-state index in [0.717, 1.165) is 13.0 Å². The average Bonchev–Trinajstić information content (AvgIpc) is 2.78. The molecule has 1 aliphatic heterocycles. The van der Waals surface area contributed by atoms with Crippen LogP contribution in [0.3, 0.4) is 0 Å². The zero-order valence-electron chi connectivity index (χ0n) is 10.5. The SMILES string of the molecule is Cl.N[C@@H]1CCN(C(=O)CCOc2ccc(F)cc2)C1. The Kier molecular flexibility index (Phi) is 6.05. The van der Waals surface area contributed by atoms with Crippen LogP contribution >= 0.6 is 12.4 Å². The lowest BCUT2D eigenvalue weighted by atomic mass is 10.3. The van der Waals surface area contributed by atoms with E-state index in [-0.39, 0.29) is 30.2 Å². The summed E-state index contributed by atoms with van der Waals surface area (Å²) in [7, 11) is 0. The number of carbonyl (C=O) groups is 1. The van der Waals surface area contributed by atoms with E-state index in [1.165, 1.54) is 12.1 Å². The van der Waals surface area contributed by atoms with Gasteiger partial charge >= 0.3 is 0 Å². The van der Waals surface area contributed by atoms with E-state index in [1.54, 1.807) is 17.0 Å². The fraction of sp³-hybridized carbons (Fsp3) is 0.462. The second-order valence-electron chi connectivity index (χ2n) is 4.44. The third-order valence-corrected chi connectivity index (χ3v) is 2.98. The Morgan fingerprint density at radius 3 is 2.68 bits per heavy atom. The van der Waals surface area contributed by atoms with Crippen LogP contribution in [-0.2, 0) is 4.79 Å². The third kappa shape index (κ3) is 4.69. The number of likely N-dealkylation sites (tertiary alicyclic amines) is 1. The van der Waals surface area contributed by atoms with Gasteiger partial charge in [0.25, 0.3) is 0 Å². The normalized spacial score (nSPS) is 18.0. The Bertz CT molecular complexity index is 414. The Labute approximate surface area is 118 Å². The molecule has 0 unspecified atom stereocenters. The number of nitrogens with two attached hydrogens (primary N) is 1. The van der Waals surface area contributed by atoms with Crippen LogP contribution in [0.2, 0.25) is 0 Å². The molecule has 106 valence electrons. The third-order valence-electron chi connectivity index (χ3n) is 2.98. The van der Waals surface area contributed by atoms with Crippen molar-refractivity contribution in [2.45, 2.75) is 18.9 Å². The number of amides is 1. The summed E-state index contributed by atoms with van der Waals surface area (Å²) in [5, 5.41) is 0. The van der Waals surface area contributed by atoms with E-state index in [1.807, 2.05) is 0 Å². The smallest absolute Gasteiger partial charge is 0.226 e. The molecular weight excluding hydrogens is 271 g/mol. The fourth-order valence-electron chi connectivity index (χ4n) is 1.96. The molecule has 0 radical (unpaired) electrons. The number of halogens is 2. The molecule has 0 aromatic heterocycles.